The van der Waals surface area contributed by atoms with Gasteiger partial charge in [-0.25, -0.2) is 19.9 Å². The number of para-hydroxylation sites is 1. The predicted molar refractivity (Wildman–Crippen MR) is 247 cm³/mol. The Balaban J connectivity index is 0.981. The Morgan fingerprint density at radius 1 is 0.344 bits per heavy atom. The highest BCUT2D eigenvalue weighted by atomic mass is 15.1. The third kappa shape index (κ3) is 6.67. The van der Waals surface area contributed by atoms with Crippen LogP contribution in [0.15, 0.2) is 206 Å². The maximum Gasteiger partial charge on any atom is 0.164 e. The number of pyridine rings is 1. The minimum absolute atomic E-state index is 0.594. The van der Waals surface area contributed by atoms with Crippen LogP contribution in [0, 0.1) is 11.3 Å². The van der Waals surface area contributed by atoms with E-state index in [-0.39, 0.29) is 0 Å². The molecule has 0 unspecified atom stereocenters. The maximum atomic E-state index is 9.85. The lowest BCUT2D eigenvalue weighted by atomic mass is 10.0. The second kappa shape index (κ2) is 15.0. The zero-order chi connectivity index (χ0) is 40.7. The number of hydrogen-bond acceptors (Lipinski definition) is 5. The largest absolute Gasteiger partial charge is 0.294 e. The summed E-state index contributed by atoms with van der Waals surface area (Å²) in [7, 11) is 0. The van der Waals surface area contributed by atoms with Crippen molar-refractivity contribution in [2.75, 3.05) is 0 Å². The van der Waals surface area contributed by atoms with Crippen molar-refractivity contribution in [1.29, 1.82) is 5.26 Å². The molecular weight excluding hydrogens is 745 g/mol. The molecule has 61 heavy (non-hydrogen) atoms. The Morgan fingerprint density at radius 2 is 0.770 bits per heavy atom. The summed E-state index contributed by atoms with van der Waals surface area (Å²) in [5.74, 6) is 2.64. The quantitative estimate of drug-likeness (QED) is 0.161. The lowest BCUT2D eigenvalue weighted by Crippen LogP contribution is -2.00. The molecule has 6 heteroatoms. The smallest absolute Gasteiger partial charge is 0.164 e. The van der Waals surface area contributed by atoms with Crippen molar-refractivity contribution in [1.82, 2.24) is 24.5 Å². The first-order valence-corrected chi connectivity index (χ1v) is 20.2. The first kappa shape index (κ1) is 35.6. The number of fused-ring (bicyclic) bond motifs is 4. The van der Waals surface area contributed by atoms with Gasteiger partial charge in [-0.15, -0.1) is 0 Å². The van der Waals surface area contributed by atoms with Crippen LogP contribution in [-0.4, -0.2) is 24.5 Å². The van der Waals surface area contributed by atoms with Crippen LogP contribution < -0.4 is 0 Å². The van der Waals surface area contributed by atoms with Crippen LogP contribution in [0.2, 0.25) is 0 Å². The number of nitriles is 1. The predicted octanol–water partition coefficient (Wildman–Crippen LogP) is 13.4. The Bertz CT molecular complexity index is 3340. The zero-order valence-electron chi connectivity index (χ0n) is 32.8. The molecule has 0 spiro atoms. The molecule has 0 N–H and O–H groups in total. The van der Waals surface area contributed by atoms with Gasteiger partial charge in [-0.3, -0.25) is 4.57 Å². The molecule has 6 nitrogen and oxygen atoms in total. The highest BCUT2D eigenvalue weighted by Gasteiger charge is 2.17. The van der Waals surface area contributed by atoms with Gasteiger partial charge in [0.05, 0.1) is 28.2 Å². The van der Waals surface area contributed by atoms with Gasteiger partial charge in [-0.2, -0.15) is 5.26 Å². The number of nitrogens with zero attached hydrogens (tertiary/aromatic N) is 6. The Hall–Kier alpha value is -8.53. The van der Waals surface area contributed by atoms with Gasteiger partial charge in [-0.05, 0) is 81.9 Å². The summed E-state index contributed by atoms with van der Waals surface area (Å²) in [6.45, 7) is 0. The molecule has 0 bridgehead atoms. The van der Waals surface area contributed by atoms with Crippen molar-refractivity contribution in [3.8, 4) is 79.4 Å². The molecule has 3 heterocycles. The minimum Gasteiger partial charge on any atom is -0.294 e. The van der Waals surface area contributed by atoms with Gasteiger partial charge in [0.2, 0.25) is 0 Å². The van der Waals surface area contributed by atoms with Crippen LogP contribution >= 0.6 is 0 Å². The molecule has 0 radical (unpaired) electrons. The molecule has 3 aromatic heterocycles. The first-order valence-electron chi connectivity index (χ1n) is 20.2. The molecule has 0 amide bonds. The summed E-state index contributed by atoms with van der Waals surface area (Å²) >= 11 is 0. The van der Waals surface area contributed by atoms with Crippen LogP contribution in [0.5, 0.6) is 0 Å². The van der Waals surface area contributed by atoms with Gasteiger partial charge in [0, 0.05) is 32.8 Å². The van der Waals surface area contributed by atoms with Gasteiger partial charge in [0.15, 0.2) is 17.5 Å². The Morgan fingerprint density at radius 3 is 1.31 bits per heavy atom. The van der Waals surface area contributed by atoms with Crippen molar-refractivity contribution in [3.05, 3.63) is 212 Å². The molecule has 0 aliphatic heterocycles. The van der Waals surface area contributed by atoms with Crippen molar-refractivity contribution in [3.63, 3.8) is 0 Å². The van der Waals surface area contributed by atoms with E-state index in [0.717, 1.165) is 88.6 Å². The van der Waals surface area contributed by atoms with E-state index in [1.165, 1.54) is 0 Å². The molecule has 8 aromatic carbocycles. The summed E-state index contributed by atoms with van der Waals surface area (Å²) in [6.07, 6.45) is 0. The van der Waals surface area contributed by atoms with E-state index in [1.807, 2.05) is 48.5 Å². The highest BCUT2D eigenvalue weighted by molar-refractivity contribution is 6.11. The molecule has 0 fully saturated rings. The Kier molecular flexibility index (Phi) is 8.76. The molecule has 0 saturated heterocycles. The van der Waals surface area contributed by atoms with Crippen molar-refractivity contribution >= 4 is 32.7 Å². The molecule has 0 saturated carbocycles. The zero-order valence-corrected chi connectivity index (χ0v) is 32.8. The van der Waals surface area contributed by atoms with Crippen molar-refractivity contribution in [2.45, 2.75) is 0 Å². The normalized spacial score (nSPS) is 11.3. The lowest BCUT2D eigenvalue weighted by molar-refractivity contribution is 1.07. The summed E-state index contributed by atoms with van der Waals surface area (Å²) < 4.78 is 2.19. The highest BCUT2D eigenvalue weighted by Crippen LogP contribution is 2.36. The van der Waals surface area contributed by atoms with E-state index < -0.39 is 0 Å². The van der Waals surface area contributed by atoms with Gasteiger partial charge >= 0.3 is 0 Å². The average Bonchev–Trinajstić information content (AvgIpc) is 3.67. The average molecular weight is 779 g/mol. The van der Waals surface area contributed by atoms with Crippen molar-refractivity contribution in [2.24, 2.45) is 0 Å². The maximum absolute atomic E-state index is 9.85. The topological polar surface area (TPSA) is 80.3 Å². The van der Waals surface area contributed by atoms with E-state index in [9.17, 15) is 5.26 Å². The molecular formula is C55H34N6. The summed E-state index contributed by atoms with van der Waals surface area (Å²) in [4.78, 5) is 20.2. The van der Waals surface area contributed by atoms with Crippen molar-refractivity contribution < 1.29 is 0 Å². The van der Waals surface area contributed by atoms with E-state index >= 15 is 0 Å². The van der Waals surface area contributed by atoms with Crippen LogP contribution in [0.3, 0.4) is 0 Å². The number of rotatable bonds is 7. The number of hydrogen-bond donors (Lipinski definition) is 0. The standard InChI is InChI=1S/C55H34N6/c56-35-36-15-30-50-47(33-36)48-34-46(28-31-51(48)61(50)52-32-29-42-13-7-8-14-49(42)57-52)41-20-26-45(27-21-41)55-59-53(43-22-16-39(17-23-43)37-9-3-1-4-10-37)58-54(60-55)44-24-18-40(19-25-44)38-11-5-2-6-12-38/h1-34H. The van der Waals surface area contributed by atoms with Crippen LogP contribution in [0.1, 0.15) is 5.56 Å². The lowest BCUT2D eigenvalue weighted by Gasteiger charge is -2.11. The monoisotopic (exact) mass is 778 g/mol. The molecule has 284 valence electrons. The summed E-state index contributed by atoms with van der Waals surface area (Å²) in [5, 5.41) is 13.0. The third-order valence-electron chi connectivity index (χ3n) is 11.3. The van der Waals surface area contributed by atoms with Gasteiger partial charge in [0.25, 0.3) is 0 Å². The van der Waals surface area contributed by atoms with E-state index in [0.29, 0.717) is 23.0 Å². The summed E-state index contributed by atoms with van der Waals surface area (Å²) in [6, 6.07) is 72.9. The summed E-state index contributed by atoms with van der Waals surface area (Å²) in [5.41, 5.74) is 12.9. The first-order chi connectivity index (χ1) is 30.1. The van der Waals surface area contributed by atoms with Gasteiger partial charge in [-0.1, -0.05) is 158 Å². The molecule has 0 atom stereocenters. The minimum atomic E-state index is 0.594. The van der Waals surface area contributed by atoms with Crippen LogP contribution in [-0.2, 0) is 0 Å². The fraction of sp³-hybridized carbons (Fsp3) is 0. The third-order valence-corrected chi connectivity index (χ3v) is 11.3. The SMILES string of the molecule is N#Cc1ccc2c(c1)c1cc(-c3ccc(-c4nc(-c5ccc(-c6ccccc6)cc5)nc(-c5ccc(-c6ccccc6)cc5)n4)cc3)ccc1n2-c1ccc2ccccc2n1. The van der Waals surface area contributed by atoms with Crippen LogP contribution in [0.4, 0.5) is 0 Å². The van der Waals surface area contributed by atoms with E-state index in [4.69, 9.17) is 19.9 Å². The Labute approximate surface area is 352 Å². The fourth-order valence-corrected chi connectivity index (χ4v) is 8.16. The number of benzene rings is 8. The molecule has 0 aliphatic rings. The van der Waals surface area contributed by atoms with Gasteiger partial charge in [0.1, 0.15) is 5.82 Å². The van der Waals surface area contributed by atoms with Crippen LogP contribution in [0.25, 0.3) is 106 Å². The second-order valence-electron chi connectivity index (χ2n) is 15.0. The molecule has 11 rings (SSSR count). The van der Waals surface area contributed by atoms with Gasteiger partial charge < -0.3 is 0 Å². The van der Waals surface area contributed by atoms with E-state index in [2.05, 4.69) is 168 Å². The van der Waals surface area contributed by atoms with E-state index in [1.54, 1.807) is 0 Å². The fourth-order valence-electron chi connectivity index (χ4n) is 8.16. The molecule has 0 aliphatic carbocycles. The molecule has 11 aromatic rings. The second-order valence-corrected chi connectivity index (χ2v) is 15.0. The number of aromatic nitrogens is 5.